The molecule has 0 aliphatic carbocycles. The van der Waals surface area contributed by atoms with E-state index in [0.717, 1.165) is 22.4 Å². The maximum absolute atomic E-state index is 13.6. The number of halogens is 4. The Morgan fingerprint density at radius 1 is 0.812 bits per heavy atom. The van der Waals surface area contributed by atoms with Gasteiger partial charge in [-0.05, 0) is 46.9 Å². The van der Waals surface area contributed by atoms with E-state index < -0.39 is 30.5 Å². The van der Waals surface area contributed by atoms with Gasteiger partial charge in [-0.3, -0.25) is 0 Å². The summed E-state index contributed by atoms with van der Waals surface area (Å²) in [5, 5.41) is 20.7. The second-order valence-corrected chi connectivity index (χ2v) is 7.79. The highest BCUT2D eigenvalue weighted by Crippen LogP contribution is 2.37. The molecule has 0 spiro atoms. The van der Waals surface area contributed by atoms with Crippen LogP contribution < -0.4 is 10.5 Å². The minimum atomic E-state index is -4.57. The number of aliphatic hydroxyl groups excluding tert-OH is 2. The molecule has 32 heavy (non-hydrogen) atoms. The number of rotatable bonds is 9. The Morgan fingerprint density at radius 2 is 1.44 bits per heavy atom. The Morgan fingerprint density at radius 3 is 2.09 bits per heavy atom. The number of nitrogens with two attached hydrogens (primary N) is 1. The summed E-state index contributed by atoms with van der Waals surface area (Å²) in [4.78, 5) is 0. The third-order valence-corrected chi connectivity index (χ3v) is 5.35. The first kappa shape index (κ1) is 25.9. The van der Waals surface area contributed by atoms with Crippen LogP contribution in [0.4, 0.5) is 13.2 Å². The summed E-state index contributed by atoms with van der Waals surface area (Å²) in [6, 6.07) is 17.7. The number of alkyl halides is 3. The van der Waals surface area contributed by atoms with Crippen molar-refractivity contribution in [3.05, 3.63) is 77.4 Å². The molecule has 0 amide bonds. The van der Waals surface area contributed by atoms with E-state index in [1.807, 2.05) is 42.5 Å². The summed E-state index contributed by atoms with van der Waals surface area (Å²) in [7, 11) is 0. The van der Waals surface area contributed by atoms with Gasteiger partial charge in [0.05, 0.1) is 30.9 Å². The Kier molecular flexibility index (Phi) is 8.92. The van der Waals surface area contributed by atoms with Crippen molar-refractivity contribution in [2.75, 3.05) is 19.8 Å². The van der Waals surface area contributed by atoms with Gasteiger partial charge in [-0.25, -0.2) is 0 Å². The predicted molar refractivity (Wildman–Crippen MR) is 121 cm³/mol. The Bertz CT molecular complexity index is 1020. The van der Waals surface area contributed by atoms with Gasteiger partial charge >= 0.3 is 6.18 Å². The second-order valence-electron chi connectivity index (χ2n) is 7.79. The van der Waals surface area contributed by atoms with Gasteiger partial charge in [-0.2, -0.15) is 13.2 Å². The monoisotopic (exact) mass is 469 g/mol. The molecule has 0 fully saturated rings. The van der Waals surface area contributed by atoms with Crippen molar-refractivity contribution in [2.24, 2.45) is 5.73 Å². The standard InChI is InChI=1S/C24H26F3NO3.ClH/c25-24(26,27)21-14-17(9-11-23(28,15-29)16-30)6-8-22(21)31-12-10-18-5-7-19-3-1-2-4-20(19)13-18;/h1-8,13-14,29-30H,9-12,15-16,28H2;1H. The normalized spacial score (nSPS) is 11.9. The van der Waals surface area contributed by atoms with E-state index in [0.29, 0.717) is 12.0 Å². The van der Waals surface area contributed by atoms with Crippen molar-refractivity contribution in [2.45, 2.75) is 31.0 Å². The average Bonchev–Trinajstić information content (AvgIpc) is 2.77. The topological polar surface area (TPSA) is 75.7 Å². The molecule has 0 saturated heterocycles. The van der Waals surface area contributed by atoms with Crippen LogP contribution in [0.15, 0.2) is 60.7 Å². The van der Waals surface area contributed by atoms with Crippen molar-refractivity contribution in [1.29, 1.82) is 0 Å². The summed E-state index contributed by atoms with van der Waals surface area (Å²) >= 11 is 0. The van der Waals surface area contributed by atoms with Crippen molar-refractivity contribution in [1.82, 2.24) is 0 Å². The molecule has 4 nitrogen and oxygen atoms in total. The fourth-order valence-electron chi connectivity index (χ4n) is 3.35. The zero-order chi connectivity index (χ0) is 22.5. The number of hydrogen-bond acceptors (Lipinski definition) is 4. The number of fused-ring (bicyclic) bond motifs is 1. The van der Waals surface area contributed by atoms with E-state index >= 15 is 0 Å². The molecule has 3 aromatic rings. The predicted octanol–water partition coefficient (Wildman–Crippen LogP) is 4.52. The SMILES string of the molecule is Cl.NC(CO)(CO)CCc1ccc(OCCc2ccc3ccccc3c2)c(C(F)(F)F)c1. The summed E-state index contributed by atoms with van der Waals surface area (Å²) in [6.45, 7) is -0.793. The van der Waals surface area contributed by atoms with Crippen molar-refractivity contribution in [3.8, 4) is 5.75 Å². The van der Waals surface area contributed by atoms with Crippen LogP contribution in [0.1, 0.15) is 23.1 Å². The highest BCUT2D eigenvalue weighted by atomic mass is 35.5. The molecule has 0 aromatic heterocycles. The number of benzene rings is 3. The smallest absolute Gasteiger partial charge is 0.419 e. The van der Waals surface area contributed by atoms with Gasteiger partial charge in [0.25, 0.3) is 0 Å². The zero-order valence-corrected chi connectivity index (χ0v) is 18.3. The molecule has 0 heterocycles. The van der Waals surface area contributed by atoms with E-state index in [4.69, 9.17) is 10.5 Å². The van der Waals surface area contributed by atoms with Crippen molar-refractivity contribution < 1.29 is 28.1 Å². The maximum Gasteiger partial charge on any atom is 0.419 e. The molecule has 0 unspecified atom stereocenters. The number of hydrogen-bond donors (Lipinski definition) is 3. The van der Waals surface area contributed by atoms with Gasteiger partial charge in [0.1, 0.15) is 5.75 Å². The Balaban J connectivity index is 0.00000363. The first-order chi connectivity index (χ1) is 14.7. The second kappa shape index (κ2) is 11.0. The number of aliphatic hydroxyl groups is 2. The fraction of sp³-hybridized carbons (Fsp3) is 0.333. The lowest BCUT2D eigenvalue weighted by atomic mass is 9.93. The molecule has 4 N–H and O–H groups in total. The fourth-order valence-corrected chi connectivity index (χ4v) is 3.35. The molecule has 8 heteroatoms. The molecule has 0 atom stereocenters. The number of ether oxygens (including phenoxy) is 1. The quantitative estimate of drug-likeness (QED) is 0.431. The molecule has 174 valence electrons. The number of aryl methyl sites for hydroxylation is 1. The molecule has 0 radical (unpaired) electrons. The molecule has 3 aromatic carbocycles. The Labute approximate surface area is 191 Å². The van der Waals surface area contributed by atoms with Crippen LogP contribution in [-0.4, -0.2) is 35.6 Å². The van der Waals surface area contributed by atoms with Crippen LogP contribution in [0.5, 0.6) is 5.75 Å². The van der Waals surface area contributed by atoms with E-state index in [2.05, 4.69) is 0 Å². The van der Waals surface area contributed by atoms with Crippen LogP contribution >= 0.6 is 12.4 Å². The van der Waals surface area contributed by atoms with Crippen LogP contribution in [0, 0.1) is 0 Å². The zero-order valence-electron chi connectivity index (χ0n) is 17.4. The molecule has 3 rings (SSSR count). The van der Waals surface area contributed by atoms with E-state index in [-0.39, 0.29) is 37.6 Å². The van der Waals surface area contributed by atoms with Gasteiger partial charge in [-0.15, -0.1) is 12.4 Å². The van der Waals surface area contributed by atoms with E-state index in [1.54, 1.807) is 6.07 Å². The van der Waals surface area contributed by atoms with Gasteiger partial charge < -0.3 is 20.7 Å². The minimum Gasteiger partial charge on any atom is -0.493 e. The largest absolute Gasteiger partial charge is 0.493 e. The lowest BCUT2D eigenvalue weighted by Gasteiger charge is -2.24. The summed E-state index contributed by atoms with van der Waals surface area (Å²) < 4.78 is 46.2. The molecular weight excluding hydrogens is 443 g/mol. The highest BCUT2D eigenvalue weighted by molar-refractivity contribution is 5.85. The van der Waals surface area contributed by atoms with Crippen molar-refractivity contribution >= 4 is 23.2 Å². The molecular formula is C24H27ClF3NO3. The van der Waals surface area contributed by atoms with Crippen molar-refractivity contribution in [3.63, 3.8) is 0 Å². The van der Waals surface area contributed by atoms with Crippen LogP contribution in [0.3, 0.4) is 0 Å². The van der Waals surface area contributed by atoms with Gasteiger partial charge in [0.2, 0.25) is 0 Å². The Hall–Kier alpha value is -2.32. The van der Waals surface area contributed by atoms with Crippen LogP contribution in [-0.2, 0) is 19.0 Å². The molecule has 0 aliphatic heterocycles. The van der Waals surface area contributed by atoms with E-state index in [9.17, 15) is 23.4 Å². The van der Waals surface area contributed by atoms with Gasteiger partial charge in [-0.1, -0.05) is 48.5 Å². The van der Waals surface area contributed by atoms with Crippen LogP contribution in [0.2, 0.25) is 0 Å². The third-order valence-electron chi connectivity index (χ3n) is 5.35. The lowest BCUT2D eigenvalue weighted by Crippen LogP contribution is -2.47. The summed E-state index contributed by atoms with van der Waals surface area (Å²) in [5.41, 5.74) is 5.12. The van der Waals surface area contributed by atoms with E-state index in [1.165, 1.54) is 6.07 Å². The minimum absolute atomic E-state index is 0. The maximum atomic E-state index is 13.6. The first-order valence-electron chi connectivity index (χ1n) is 10.1. The summed E-state index contributed by atoms with van der Waals surface area (Å²) in [6.07, 6.45) is -3.74. The van der Waals surface area contributed by atoms with Crippen LogP contribution in [0.25, 0.3) is 10.8 Å². The third kappa shape index (κ3) is 6.59. The van der Waals surface area contributed by atoms with Gasteiger partial charge in [0, 0.05) is 6.42 Å². The average molecular weight is 470 g/mol. The first-order valence-corrected chi connectivity index (χ1v) is 10.1. The molecule has 0 bridgehead atoms. The molecule has 0 saturated carbocycles. The van der Waals surface area contributed by atoms with Gasteiger partial charge in [0.15, 0.2) is 0 Å². The molecule has 0 aliphatic rings. The lowest BCUT2D eigenvalue weighted by molar-refractivity contribution is -0.139. The summed E-state index contributed by atoms with van der Waals surface area (Å²) in [5.74, 6) is -0.222. The highest BCUT2D eigenvalue weighted by Gasteiger charge is 2.35.